The normalized spacial score (nSPS) is 15.6. The van der Waals surface area contributed by atoms with Gasteiger partial charge in [-0.3, -0.25) is 9.36 Å². The first-order valence-corrected chi connectivity index (χ1v) is 13.0. The van der Waals surface area contributed by atoms with Gasteiger partial charge in [0.1, 0.15) is 0 Å². The lowest BCUT2D eigenvalue weighted by Gasteiger charge is -2.40. The summed E-state index contributed by atoms with van der Waals surface area (Å²) in [5.74, 6) is 0. The molecule has 176 valence electrons. The molecule has 1 saturated heterocycles. The number of hydrogen-bond donors (Lipinski definition) is 0. The first-order chi connectivity index (χ1) is 14.8. The minimum Gasteiger partial charge on any atom is -0.380 e. The molecule has 0 unspecified atom stereocenters. The Morgan fingerprint density at radius 3 is 2.00 bits per heavy atom. The number of carbonyl (C=O) groups excluding carboxylic acids is 1. The van der Waals surface area contributed by atoms with Crippen LogP contribution in [0.5, 0.6) is 0 Å². The van der Waals surface area contributed by atoms with E-state index in [0.717, 1.165) is 62.0 Å². The zero-order valence-electron chi connectivity index (χ0n) is 19.8. The van der Waals surface area contributed by atoms with Crippen molar-refractivity contribution in [3.05, 3.63) is 34.4 Å². The molecule has 0 bridgehead atoms. The van der Waals surface area contributed by atoms with Gasteiger partial charge >= 0.3 is 7.60 Å². The predicted octanol–water partition coefficient (Wildman–Crippen LogP) is 6.21. The van der Waals surface area contributed by atoms with Gasteiger partial charge in [-0.1, -0.05) is 45.7 Å². The third-order valence-electron chi connectivity index (χ3n) is 5.82. The Bertz CT molecular complexity index is 729. The van der Waals surface area contributed by atoms with Crippen LogP contribution in [-0.2, 0) is 29.7 Å². The van der Waals surface area contributed by atoms with Crippen LogP contribution in [0.3, 0.4) is 0 Å². The van der Waals surface area contributed by atoms with Crippen molar-refractivity contribution in [1.29, 1.82) is 0 Å². The second-order valence-corrected chi connectivity index (χ2v) is 10.5. The molecule has 1 aromatic carbocycles. The number of benzene rings is 1. The Kier molecular flexibility index (Phi) is 10.4. The summed E-state index contributed by atoms with van der Waals surface area (Å²) in [6, 6.07) is 3.86. The number of aryl methyl sites for hydroxylation is 2. The zero-order valence-corrected chi connectivity index (χ0v) is 20.7. The Morgan fingerprint density at radius 1 is 1.03 bits per heavy atom. The highest BCUT2D eigenvalue weighted by molar-refractivity contribution is 7.72. The van der Waals surface area contributed by atoms with Crippen LogP contribution in [0.15, 0.2) is 12.1 Å². The van der Waals surface area contributed by atoms with Crippen LogP contribution in [0.25, 0.3) is 0 Å². The van der Waals surface area contributed by atoms with Crippen LogP contribution in [0.4, 0.5) is 0 Å². The van der Waals surface area contributed by atoms with Crippen LogP contribution in [0.1, 0.15) is 79.9 Å². The smallest absolute Gasteiger partial charge is 0.380 e. The van der Waals surface area contributed by atoms with E-state index in [9.17, 15) is 9.36 Å². The van der Waals surface area contributed by atoms with Crippen molar-refractivity contribution in [3.63, 3.8) is 0 Å². The van der Waals surface area contributed by atoms with Gasteiger partial charge in [0.05, 0.1) is 39.6 Å². The maximum Gasteiger partial charge on any atom is 0.401 e. The van der Waals surface area contributed by atoms with E-state index in [-0.39, 0.29) is 18.6 Å². The lowest BCUT2D eigenvalue weighted by atomic mass is 9.84. The molecular formula is C24H39O6P. The maximum absolute atomic E-state index is 13.4. The van der Waals surface area contributed by atoms with E-state index < -0.39 is 13.1 Å². The summed E-state index contributed by atoms with van der Waals surface area (Å²) in [4.78, 5) is 13.3. The molecule has 7 heteroatoms. The largest absolute Gasteiger partial charge is 0.401 e. The van der Waals surface area contributed by atoms with E-state index in [4.69, 9.17) is 18.5 Å². The summed E-state index contributed by atoms with van der Waals surface area (Å²) in [5, 5.41) is 0. The fourth-order valence-corrected chi connectivity index (χ4v) is 5.26. The highest BCUT2D eigenvalue weighted by Gasteiger charge is 2.38. The van der Waals surface area contributed by atoms with Crippen LogP contribution >= 0.6 is 7.60 Å². The van der Waals surface area contributed by atoms with E-state index in [1.807, 2.05) is 39.8 Å². The number of rotatable bonds is 15. The quantitative estimate of drug-likeness (QED) is 0.232. The van der Waals surface area contributed by atoms with Gasteiger partial charge in [0.15, 0.2) is 0 Å². The van der Waals surface area contributed by atoms with E-state index in [1.165, 1.54) is 0 Å². The molecular weight excluding hydrogens is 415 g/mol. The standard InChI is InChI=1S/C24H39O6P/c1-6-9-11-29-31(26,30-12-10-7-2)23(25)22-19(4)13-21(14-20(22)5)15-27-16-24(8-3)17-28-18-24/h13-14H,6-12,15-18H2,1-5H3. The molecule has 0 aliphatic carbocycles. The molecule has 2 rings (SSSR count). The van der Waals surface area contributed by atoms with Crippen molar-refractivity contribution in [2.24, 2.45) is 5.41 Å². The van der Waals surface area contributed by atoms with Gasteiger partial charge in [-0.05, 0) is 49.8 Å². The average molecular weight is 455 g/mol. The number of hydrogen-bond acceptors (Lipinski definition) is 6. The van der Waals surface area contributed by atoms with Gasteiger partial charge in [0, 0.05) is 11.0 Å². The Balaban J connectivity index is 2.12. The van der Waals surface area contributed by atoms with Gasteiger partial charge in [-0.15, -0.1) is 0 Å². The SMILES string of the molecule is CCCCOP(=O)(OCCCC)C(=O)c1c(C)cc(COCC2(CC)COC2)cc1C. The summed E-state index contributed by atoms with van der Waals surface area (Å²) in [5.41, 5.74) is 2.54. The lowest BCUT2D eigenvalue weighted by Crippen LogP contribution is -2.45. The van der Waals surface area contributed by atoms with E-state index in [0.29, 0.717) is 18.8 Å². The van der Waals surface area contributed by atoms with Crippen LogP contribution < -0.4 is 0 Å². The topological polar surface area (TPSA) is 71.1 Å². The van der Waals surface area contributed by atoms with Crippen molar-refractivity contribution in [2.75, 3.05) is 33.0 Å². The minimum absolute atomic E-state index is 0.137. The Labute approximate surface area is 187 Å². The monoisotopic (exact) mass is 454 g/mol. The van der Waals surface area contributed by atoms with Crippen molar-refractivity contribution in [3.8, 4) is 0 Å². The summed E-state index contributed by atoms with van der Waals surface area (Å²) < 4.78 is 35.8. The Morgan fingerprint density at radius 2 is 1.58 bits per heavy atom. The lowest BCUT2D eigenvalue weighted by molar-refractivity contribution is -0.152. The highest BCUT2D eigenvalue weighted by Crippen LogP contribution is 2.52. The highest BCUT2D eigenvalue weighted by atomic mass is 31.2. The summed E-state index contributed by atoms with van der Waals surface area (Å²) in [7, 11) is -3.89. The maximum atomic E-state index is 13.4. The molecule has 0 radical (unpaired) electrons. The summed E-state index contributed by atoms with van der Waals surface area (Å²) in [6.45, 7) is 13.0. The second-order valence-electron chi connectivity index (χ2n) is 8.62. The van der Waals surface area contributed by atoms with Crippen molar-refractivity contribution in [1.82, 2.24) is 0 Å². The van der Waals surface area contributed by atoms with Crippen molar-refractivity contribution < 1.29 is 27.9 Å². The summed E-state index contributed by atoms with van der Waals surface area (Å²) >= 11 is 0. The van der Waals surface area contributed by atoms with Gasteiger partial charge in [0.25, 0.3) is 5.52 Å². The van der Waals surface area contributed by atoms with Crippen molar-refractivity contribution in [2.45, 2.75) is 73.3 Å². The molecule has 0 spiro atoms. The second kappa shape index (κ2) is 12.3. The van der Waals surface area contributed by atoms with Gasteiger partial charge in [0.2, 0.25) is 0 Å². The molecule has 0 N–H and O–H groups in total. The fraction of sp³-hybridized carbons (Fsp3) is 0.708. The molecule has 1 aromatic rings. The molecule has 0 saturated carbocycles. The first kappa shape index (κ1) is 26.2. The molecule has 1 aliphatic rings. The predicted molar refractivity (Wildman–Crippen MR) is 123 cm³/mol. The van der Waals surface area contributed by atoms with E-state index >= 15 is 0 Å². The minimum atomic E-state index is -3.89. The van der Waals surface area contributed by atoms with E-state index in [2.05, 4.69) is 6.92 Å². The van der Waals surface area contributed by atoms with E-state index in [1.54, 1.807) is 0 Å². The van der Waals surface area contributed by atoms with Crippen LogP contribution in [-0.4, -0.2) is 38.6 Å². The third kappa shape index (κ3) is 6.97. The number of ether oxygens (including phenoxy) is 2. The molecule has 0 aromatic heterocycles. The van der Waals surface area contributed by atoms with Gasteiger partial charge in [-0.25, -0.2) is 0 Å². The summed E-state index contributed by atoms with van der Waals surface area (Å²) in [6.07, 6.45) is 4.27. The third-order valence-corrected chi connectivity index (χ3v) is 7.58. The van der Waals surface area contributed by atoms with Gasteiger partial charge in [-0.2, -0.15) is 0 Å². The van der Waals surface area contributed by atoms with Crippen molar-refractivity contribution >= 4 is 13.1 Å². The first-order valence-electron chi connectivity index (χ1n) is 11.5. The Hall–Kier alpha value is -1.04. The average Bonchev–Trinajstić information content (AvgIpc) is 2.70. The molecule has 31 heavy (non-hydrogen) atoms. The molecule has 1 heterocycles. The van der Waals surface area contributed by atoms with Crippen LogP contribution in [0.2, 0.25) is 0 Å². The van der Waals surface area contributed by atoms with Crippen LogP contribution in [0, 0.1) is 19.3 Å². The fourth-order valence-electron chi connectivity index (χ4n) is 3.59. The molecule has 1 fully saturated rings. The number of carbonyl (C=O) groups is 1. The molecule has 0 amide bonds. The van der Waals surface area contributed by atoms with Gasteiger partial charge < -0.3 is 18.5 Å². The molecule has 0 atom stereocenters. The molecule has 6 nitrogen and oxygen atoms in total. The molecule has 1 aliphatic heterocycles. The zero-order chi connectivity index (χ0) is 22.9. The number of unbranched alkanes of at least 4 members (excludes halogenated alkanes) is 2.